The Balaban J connectivity index is 2.34. The molecule has 0 spiro atoms. The Labute approximate surface area is 103 Å². The van der Waals surface area contributed by atoms with Gasteiger partial charge in [-0.2, -0.15) is 18.3 Å². The van der Waals surface area contributed by atoms with Gasteiger partial charge in [-0.05, 0) is 24.6 Å². The lowest BCUT2D eigenvalue weighted by Crippen LogP contribution is -2.25. The van der Waals surface area contributed by atoms with Crippen LogP contribution in [-0.4, -0.2) is 11.9 Å². The molecule has 2 rings (SSSR count). The van der Waals surface area contributed by atoms with Crippen LogP contribution in [0.3, 0.4) is 0 Å². The Bertz CT molecular complexity index is 468. The fraction of sp³-hybridized carbons (Fsp3) is 0.417. The number of hydrazone groups is 1. The van der Waals surface area contributed by atoms with Crippen molar-refractivity contribution in [3.63, 3.8) is 0 Å². The zero-order valence-electron chi connectivity index (χ0n) is 9.91. The Morgan fingerprint density at radius 3 is 2.78 bits per heavy atom. The summed E-state index contributed by atoms with van der Waals surface area (Å²) in [6, 6.07) is 5.18. The van der Waals surface area contributed by atoms with Gasteiger partial charge in [0.15, 0.2) is 0 Å². The number of rotatable bonds is 2. The molecule has 0 radical (unpaired) electrons. The molecule has 1 aromatic rings. The van der Waals surface area contributed by atoms with Gasteiger partial charge in [0, 0.05) is 6.42 Å². The van der Waals surface area contributed by atoms with E-state index >= 15 is 0 Å². The summed E-state index contributed by atoms with van der Waals surface area (Å²) in [5.74, 6) is 0.458. The summed E-state index contributed by atoms with van der Waals surface area (Å²) in [6.07, 6.45) is -2.97. The van der Waals surface area contributed by atoms with E-state index < -0.39 is 11.7 Å². The smallest absolute Gasteiger partial charge is 0.386 e. The molecule has 98 valence electrons. The summed E-state index contributed by atoms with van der Waals surface area (Å²) < 4.78 is 37.9. The van der Waals surface area contributed by atoms with Gasteiger partial charge in [0.05, 0.1) is 17.3 Å². The second-order valence-electron chi connectivity index (χ2n) is 4.25. The number of anilines is 1. The zero-order chi connectivity index (χ0) is 13.3. The molecule has 1 atom stereocenters. The summed E-state index contributed by atoms with van der Waals surface area (Å²) in [4.78, 5) is 0. The fourth-order valence-corrected chi connectivity index (χ4v) is 2.00. The van der Waals surface area contributed by atoms with Crippen LogP contribution in [0.5, 0.6) is 0 Å². The van der Waals surface area contributed by atoms with Crippen LogP contribution in [0.25, 0.3) is 0 Å². The van der Waals surface area contributed by atoms with Crippen LogP contribution in [0.4, 0.5) is 18.9 Å². The molecule has 0 aromatic heterocycles. The molecule has 1 aliphatic rings. The maximum atomic E-state index is 12.6. The quantitative estimate of drug-likeness (QED) is 0.885. The van der Waals surface area contributed by atoms with Gasteiger partial charge < -0.3 is 5.73 Å². The molecular weight excluding hydrogens is 243 g/mol. The molecule has 1 unspecified atom stereocenters. The van der Waals surface area contributed by atoms with E-state index in [1.165, 1.54) is 6.07 Å². The molecule has 1 aliphatic heterocycles. The van der Waals surface area contributed by atoms with E-state index in [0.29, 0.717) is 17.9 Å². The molecule has 0 saturated heterocycles. The molecule has 0 fully saturated rings. The molecule has 1 aromatic carbocycles. The third-order valence-electron chi connectivity index (χ3n) is 2.94. The molecule has 2 N–H and O–H groups in total. The van der Waals surface area contributed by atoms with Crippen molar-refractivity contribution in [3.05, 3.63) is 29.8 Å². The average Bonchev–Trinajstić information content (AvgIpc) is 2.69. The van der Waals surface area contributed by atoms with Crippen LogP contribution in [-0.2, 0) is 6.18 Å². The number of benzene rings is 1. The number of nitrogens with zero attached hydrogens (tertiary/aromatic N) is 2. The van der Waals surface area contributed by atoms with Gasteiger partial charge in [-0.15, -0.1) is 0 Å². The molecule has 0 amide bonds. The number of hydrogen-bond donors (Lipinski definition) is 1. The Morgan fingerprint density at radius 2 is 2.17 bits per heavy atom. The van der Waals surface area contributed by atoms with Crippen molar-refractivity contribution in [2.24, 2.45) is 10.8 Å². The van der Waals surface area contributed by atoms with E-state index in [-0.39, 0.29) is 6.04 Å². The van der Waals surface area contributed by atoms with Gasteiger partial charge >= 0.3 is 6.18 Å². The van der Waals surface area contributed by atoms with Crippen LogP contribution >= 0.6 is 0 Å². The minimum Gasteiger partial charge on any atom is -0.386 e. The molecule has 3 nitrogen and oxygen atoms in total. The minimum absolute atomic E-state index is 0.0356. The SMILES string of the molecule is CCC1CC(N)=NN1c1cccc(C(F)(F)F)c1. The molecule has 18 heavy (non-hydrogen) atoms. The average molecular weight is 257 g/mol. The van der Waals surface area contributed by atoms with Crippen molar-refractivity contribution in [2.75, 3.05) is 5.01 Å². The molecule has 0 saturated carbocycles. The number of amidine groups is 1. The molecule has 0 bridgehead atoms. The lowest BCUT2D eigenvalue weighted by molar-refractivity contribution is -0.137. The second kappa shape index (κ2) is 4.51. The standard InChI is InChI=1S/C12H14F3N3/c1-2-9-7-11(16)17-18(9)10-5-3-4-8(6-10)12(13,14)15/h3-6,9H,2,7H2,1H3,(H2,16,17). The van der Waals surface area contributed by atoms with Crippen molar-refractivity contribution in [3.8, 4) is 0 Å². The topological polar surface area (TPSA) is 41.6 Å². The first-order valence-corrected chi connectivity index (χ1v) is 5.71. The van der Waals surface area contributed by atoms with Gasteiger partial charge in [-0.25, -0.2) is 0 Å². The normalized spacial score (nSPS) is 20.1. The van der Waals surface area contributed by atoms with Crippen molar-refractivity contribution in [1.29, 1.82) is 0 Å². The molecular formula is C12H14F3N3. The van der Waals surface area contributed by atoms with Crippen LogP contribution in [0.1, 0.15) is 25.3 Å². The van der Waals surface area contributed by atoms with Crippen LogP contribution in [0.15, 0.2) is 29.4 Å². The first-order valence-electron chi connectivity index (χ1n) is 5.71. The van der Waals surface area contributed by atoms with Gasteiger partial charge in [0.2, 0.25) is 0 Å². The lowest BCUT2D eigenvalue weighted by atomic mass is 10.1. The predicted octanol–water partition coefficient (Wildman–Crippen LogP) is 2.97. The van der Waals surface area contributed by atoms with Crippen molar-refractivity contribution < 1.29 is 13.2 Å². The Morgan fingerprint density at radius 1 is 1.44 bits per heavy atom. The van der Waals surface area contributed by atoms with E-state index in [1.54, 1.807) is 11.1 Å². The Hall–Kier alpha value is -1.72. The van der Waals surface area contributed by atoms with Gasteiger partial charge in [-0.1, -0.05) is 13.0 Å². The second-order valence-corrected chi connectivity index (χ2v) is 4.25. The summed E-state index contributed by atoms with van der Waals surface area (Å²) in [5.41, 5.74) is 5.40. The van der Waals surface area contributed by atoms with Crippen molar-refractivity contribution in [2.45, 2.75) is 32.0 Å². The molecule has 0 aliphatic carbocycles. The largest absolute Gasteiger partial charge is 0.416 e. The number of halogens is 3. The highest BCUT2D eigenvalue weighted by molar-refractivity contribution is 5.85. The van der Waals surface area contributed by atoms with E-state index in [9.17, 15) is 13.2 Å². The minimum atomic E-state index is -4.34. The van der Waals surface area contributed by atoms with Crippen molar-refractivity contribution in [1.82, 2.24) is 0 Å². The summed E-state index contributed by atoms with van der Waals surface area (Å²) in [6.45, 7) is 1.96. The monoisotopic (exact) mass is 257 g/mol. The Kier molecular flexibility index (Phi) is 3.19. The van der Waals surface area contributed by atoms with E-state index in [0.717, 1.165) is 18.6 Å². The number of hydrogen-bond acceptors (Lipinski definition) is 3. The van der Waals surface area contributed by atoms with Gasteiger partial charge in [-0.3, -0.25) is 5.01 Å². The highest BCUT2D eigenvalue weighted by Gasteiger charge is 2.32. The van der Waals surface area contributed by atoms with E-state index in [1.807, 2.05) is 6.92 Å². The van der Waals surface area contributed by atoms with Crippen LogP contribution in [0, 0.1) is 0 Å². The number of alkyl halides is 3. The highest BCUT2D eigenvalue weighted by Crippen LogP contribution is 2.33. The maximum Gasteiger partial charge on any atom is 0.416 e. The number of nitrogens with two attached hydrogens (primary N) is 1. The lowest BCUT2D eigenvalue weighted by Gasteiger charge is -2.22. The first-order chi connectivity index (χ1) is 8.41. The maximum absolute atomic E-state index is 12.6. The third kappa shape index (κ3) is 2.42. The van der Waals surface area contributed by atoms with E-state index in [4.69, 9.17) is 5.73 Å². The summed E-state index contributed by atoms with van der Waals surface area (Å²) in [5, 5.41) is 5.67. The van der Waals surface area contributed by atoms with Gasteiger partial charge in [0.1, 0.15) is 5.84 Å². The van der Waals surface area contributed by atoms with Crippen LogP contribution < -0.4 is 10.7 Å². The summed E-state index contributed by atoms with van der Waals surface area (Å²) >= 11 is 0. The molecule has 1 heterocycles. The zero-order valence-corrected chi connectivity index (χ0v) is 9.91. The first kappa shape index (κ1) is 12.7. The third-order valence-corrected chi connectivity index (χ3v) is 2.94. The highest BCUT2D eigenvalue weighted by atomic mass is 19.4. The predicted molar refractivity (Wildman–Crippen MR) is 64.2 cm³/mol. The molecule has 6 heteroatoms. The summed E-state index contributed by atoms with van der Waals surface area (Å²) in [7, 11) is 0. The van der Waals surface area contributed by atoms with Crippen molar-refractivity contribution >= 4 is 11.5 Å². The van der Waals surface area contributed by atoms with Gasteiger partial charge in [0.25, 0.3) is 0 Å². The fourth-order valence-electron chi connectivity index (χ4n) is 2.00. The van der Waals surface area contributed by atoms with Crippen LogP contribution in [0.2, 0.25) is 0 Å². The van der Waals surface area contributed by atoms with E-state index in [2.05, 4.69) is 5.10 Å².